The van der Waals surface area contributed by atoms with Crippen molar-refractivity contribution in [2.24, 2.45) is 11.7 Å². The van der Waals surface area contributed by atoms with Crippen molar-refractivity contribution < 1.29 is 9.18 Å². The average Bonchev–Trinajstić information content (AvgIpc) is 2.39. The Kier molecular flexibility index (Phi) is 5.02. The summed E-state index contributed by atoms with van der Waals surface area (Å²) >= 11 is 0. The first-order valence-electron chi connectivity index (χ1n) is 6.06. The first-order valence-corrected chi connectivity index (χ1v) is 6.06. The maximum absolute atomic E-state index is 13.6. The third-order valence-corrected chi connectivity index (χ3v) is 2.96. The summed E-state index contributed by atoms with van der Waals surface area (Å²) in [5.74, 6) is -0.654. The Bertz CT molecular complexity index is 508. The zero-order valence-corrected chi connectivity index (χ0v) is 11.4. The maximum Gasteiger partial charge on any atom is 0.239 e. The second-order valence-corrected chi connectivity index (χ2v) is 4.88. The molecule has 0 bridgehead atoms. The number of halogens is 1. The maximum atomic E-state index is 13.6. The highest BCUT2D eigenvalue weighted by atomic mass is 19.1. The zero-order valence-electron chi connectivity index (χ0n) is 11.4. The van der Waals surface area contributed by atoms with Gasteiger partial charge in [0, 0.05) is 19.2 Å². The molecular weight excluding hydrogens is 245 g/mol. The monoisotopic (exact) mass is 263 g/mol. The molecule has 0 unspecified atom stereocenters. The highest BCUT2D eigenvalue weighted by Crippen LogP contribution is 2.13. The van der Waals surface area contributed by atoms with Gasteiger partial charge in [-0.05, 0) is 24.1 Å². The van der Waals surface area contributed by atoms with Crippen molar-refractivity contribution in [1.29, 1.82) is 5.26 Å². The summed E-state index contributed by atoms with van der Waals surface area (Å²) in [7, 11) is 1.57. The van der Waals surface area contributed by atoms with Gasteiger partial charge in [0.25, 0.3) is 0 Å². The number of nitrogens with two attached hydrogens (primary N) is 1. The molecule has 0 radical (unpaired) electrons. The van der Waals surface area contributed by atoms with Crippen LogP contribution in [0, 0.1) is 23.1 Å². The van der Waals surface area contributed by atoms with Gasteiger partial charge in [-0.3, -0.25) is 4.79 Å². The number of hydrogen-bond acceptors (Lipinski definition) is 3. The van der Waals surface area contributed by atoms with E-state index >= 15 is 0 Å². The van der Waals surface area contributed by atoms with E-state index in [-0.39, 0.29) is 18.4 Å². The van der Waals surface area contributed by atoms with Crippen LogP contribution in [0.1, 0.15) is 25.0 Å². The largest absolute Gasteiger partial charge is 0.340 e. The molecule has 1 aromatic rings. The number of likely N-dealkylation sites (N-methyl/N-ethyl adjacent to an activating group) is 1. The third-order valence-electron chi connectivity index (χ3n) is 2.96. The molecular formula is C14H18FN3O. The molecule has 1 aromatic carbocycles. The Morgan fingerprint density at radius 2 is 2.16 bits per heavy atom. The lowest BCUT2D eigenvalue weighted by molar-refractivity contribution is -0.132. The number of hydrogen-bond donors (Lipinski definition) is 1. The molecule has 0 saturated carbocycles. The van der Waals surface area contributed by atoms with E-state index in [4.69, 9.17) is 11.0 Å². The van der Waals surface area contributed by atoms with Gasteiger partial charge >= 0.3 is 0 Å². The lowest BCUT2D eigenvalue weighted by atomic mass is 10.0. The van der Waals surface area contributed by atoms with Crippen molar-refractivity contribution >= 4 is 5.91 Å². The fourth-order valence-corrected chi connectivity index (χ4v) is 1.64. The Balaban J connectivity index is 2.85. The molecule has 1 atom stereocenters. The lowest BCUT2D eigenvalue weighted by Crippen LogP contribution is -2.44. The fourth-order valence-electron chi connectivity index (χ4n) is 1.64. The van der Waals surface area contributed by atoms with Crippen molar-refractivity contribution in [2.75, 3.05) is 7.05 Å². The number of nitrogens with zero attached hydrogens (tertiary/aromatic N) is 2. The molecule has 5 heteroatoms. The Morgan fingerprint density at radius 1 is 1.53 bits per heavy atom. The first-order chi connectivity index (χ1) is 8.86. The minimum absolute atomic E-state index is 0.0187. The van der Waals surface area contributed by atoms with Gasteiger partial charge in [0.2, 0.25) is 5.91 Å². The minimum atomic E-state index is -0.604. The molecule has 0 spiro atoms. The van der Waals surface area contributed by atoms with Crippen molar-refractivity contribution in [1.82, 2.24) is 4.90 Å². The Labute approximate surface area is 112 Å². The van der Waals surface area contributed by atoms with Gasteiger partial charge in [0.1, 0.15) is 5.82 Å². The molecule has 1 rings (SSSR count). The van der Waals surface area contributed by atoms with Gasteiger partial charge in [-0.1, -0.05) is 13.8 Å². The fraction of sp³-hybridized carbons (Fsp3) is 0.429. The predicted octanol–water partition coefficient (Wildman–Crippen LogP) is 1.64. The highest BCUT2D eigenvalue weighted by Gasteiger charge is 2.21. The van der Waals surface area contributed by atoms with E-state index in [0.29, 0.717) is 11.1 Å². The molecule has 19 heavy (non-hydrogen) atoms. The summed E-state index contributed by atoms with van der Waals surface area (Å²) in [6.07, 6.45) is 0. The van der Waals surface area contributed by atoms with Crippen molar-refractivity contribution in [3.05, 3.63) is 35.1 Å². The normalized spacial score (nSPS) is 12.1. The molecule has 0 heterocycles. The van der Waals surface area contributed by atoms with Crippen LogP contribution in [-0.4, -0.2) is 23.9 Å². The van der Waals surface area contributed by atoms with Gasteiger partial charge in [-0.25, -0.2) is 4.39 Å². The van der Waals surface area contributed by atoms with E-state index in [1.165, 1.54) is 23.1 Å². The first kappa shape index (κ1) is 15.1. The minimum Gasteiger partial charge on any atom is -0.340 e. The standard InChI is InChI=1S/C14H18FN3O/c1-9(2)13(17)14(19)18(3)8-11-6-10(7-16)4-5-12(11)15/h4-6,9,13H,8,17H2,1-3H3/t13-/m0/s1. The molecule has 0 aliphatic carbocycles. The molecule has 0 aliphatic rings. The van der Waals surface area contributed by atoms with E-state index in [0.717, 1.165) is 0 Å². The van der Waals surface area contributed by atoms with E-state index in [9.17, 15) is 9.18 Å². The van der Waals surface area contributed by atoms with Crippen molar-refractivity contribution in [3.63, 3.8) is 0 Å². The smallest absolute Gasteiger partial charge is 0.239 e. The second kappa shape index (κ2) is 6.30. The summed E-state index contributed by atoms with van der Waals surface area (Å²) in [6.45, 7) is 3.81. The van der Waals surface area contributed by atoms with E-state index in [1.54, 1.807) is 7.05 Å². The molecule has 0 aromatic heterocycles. The van der Waals surface area contributed by atoms with Gasteiger partial charge in [-0.2, -0.15) is 5.26 Å². The summed E-state index contributed by atoms with van der Waals surface area (Å²) in [4.78, 5) is 13.3. The lowest BCUT2D eigenvalue weighted by Gasteiger charge is -2.23. The van der Waals surface area contributed by atoms with Crippen LogP contribution in [0.5, 0.6) is 0 Å². The molecule has 102 valence electrons. The van der Waals surface area contributed by atoms with Gasteiger partial charge < -0.3 is 10.6 Å². The molecule has 0 fully saturated rings. The van der Waals surface area contributed by atoms with Crippen molar-refractivity contribution in [3.8, 4) is 6.07 Å². The molecule has 0 aliphatic heterocycles. The highest BCUT2D eigenvalue weighted by molar-refractivity contribution is 5.81. The number of amides is 1. The van der Waals surface area contributed by atoms with Crippen LogP contribution in [0.2, 0.25) is 0 Å². The Morgan fingerprint density at radius 3 is 2.68 bits per heavy atom. The number of nitriles is 1. The molecule has 4 nitrogen and oxygen atoms in total. The van der Waals surface area contributed by atoms with Crippen LogP contribution >= 0.6 is 0 Å². The predicted molar refractivity (Wildman–Crippen MR) is 70.4 cm³/mol. The zero-order chi connectivity index (χ0) is 14.6. The van der Waals surface area contributed by atoms with Gasteiger partial charge in [0.15, 0.2) is 0 Å². The molecule has 0 saturated heterocycles. The summed E-state index contributed by atoms with van der Waals surface area (Å²) in [5, 5.41) is 8.78. The molecule has 2 N–H and O–H groups in total. The molecule has 1 amide bonds. The summed E-state index contributed by atoms with van der Waals surface area (Å²) in [5.41, 5.74) is 6.45. The summed E-state index contributed by atoms with van der Waals surface area (Å²) < 4.78 is 13.6. The van der Waals surface area contributed by atoms with Crippen LogP contribution in [-0.2, 0) is 11.3 Å². The van der Waals surface area contributed by atoms with Crippen LogP contribution in [0.4, 0.5) is 4.39 Å². The van der Waals surface area contributed by atoms with Crippen LogP contribution < -0.4 is 5.73 Å². The van der Waals surface area contributed by atoms with Crippen molar-refractivity contribution in [2.45, 2.75) is 26.4 Å². The van der Waals surface area contributed by atoms with Crippen LogP contribution in [0.25, 0.3) is 0 Å². The number of carbonyl (C=O) groups excluding carboxylic acids is 1. The quantitative estimate of drug-likeness (QED) is 0.897. The Hall–Kier alpha value is -1.93. The number of benzene rings is 1. The van der Waals surface area contributed by atoms with Crippen LogP contribution in [0.3, 0.4) is 0 Å². The summed E-state index contributed by atoms with van der Waals surface area (Å²) in [6, 6.07) is 5.42. The third kappa shape index (κ3) is 3.76. The second-order valence-electron chi connectivity index (χ2n) is 4.88. The average molecular weight is 263 g/mol. The van der Waals surface area contributed by atoms with Gasteiger partial charge in [-0.15, -0.1) is 0 Å². The SMILES string of the molecule is CC(C)[C@H](N)C(=O)N(C)Cc1cc(C#N)ccc1F. The van der Waals surface area contributed by atoms with Crippen LogP contribution in [0.15, 0.2) is 18.2 Å². The van der Waals surface area contributed by atoms with E-state index in [2.05, 4.69) is 0 Å². The van der Waals surface area contributed by atoms with E-state index < -0.39 is 11.9 Å². The van der Waals surface area contributed by atoms with Gasteiger partial charge in [0.05, 0.1) is 17.7 Å². The number of carbonyl (C=O) groups is 1. The van der Waals surface area contributed by atoms with E-state index in [1.807, 2.05) is 19.9 Å². The number of rotatable bonds is 4. The topological polar surface area (TPSA) is 70.1 Å².